The summed E-state index contributed by atoms with van der Waals surface area (Å²) in [6, 6.07) is 11.1. The Labute approximate surface area is 109 Å². The second-order valence-electron chi connectivity index (χ2n) is 4.01. The van der Waals surface area contributed by atoms with Crippen LogP contribution in [0.5, 0.6) is 11.5 Å². The van der Waals surface area contributed by atoms with Gasteiger partial charge in [0.15, 0.2) is 0 Å². The van der Waals surface area contributed by atoms with Gasteiger partial charge in [-0.25, -0.2) is 4.79 Å². The van der Waals surface area contributed by atoms with Crippen molar-refractivity contribution in [1.29, 1.82) is 0 Å². The molecule has 0 aliphatic heterocycles. The van der Waals surface area contributed by atoms with E-state index in [0.717, 1.165) is 5.56 Å². The summed E-state index contributed by atoms with van der Waals surface area (Å²) < 4.78 is 5.48. The molecule has 0 spiro atoms. The molecule has 2 aromatic rings. The summed E-state index contributed by atoms with van der Waals surface area (Å²) in [6.07, 6.45) is 0. The zero-order valence-electron chi connectivity index (χ0n) is 10.0. The standard InChI is InChI=1S/C14H13NO4/c15-13-7-11(4-5-12(13)14(17)18)19-8-9-2-1-3-10(16)6-9/h1-7,16H,8,15H2,(H,17,18). The van der Waals surface area contributed by atoms with Crippen LogP contribution in [0.15, 0.2) is 42.5 Å². The van der Waals surface area contributed by atoms with Crippen molar-refractivity contribution in [2.45, 2.75) is 6.61 Å². The molecule has 19 heavy (non-hydrogen) atoms. The minimum absolute atomic E-state index is 0.0460. The van der Waals surface area contributed by atoms with Gasteiger partial charge in [-0.15, -0.1) is 0 Å². The third kappa shape index (κ3) is 3.16. The average Bonchev–Trinajstić information content (AvgIpc) is 2.36. The number of benzene rings is 2. The topological polar surface area (TPSA) is 92.8 Å². The van der Waals surface area contributed by atoms with Gasteiger partial charge < -0.3 is 20.7 Å². The molecular formula is C14H13NO4. The fraction of sp³-hybridized carbons (Fsp3) is 0.0714. The Kier molecular flexibility index (Phi) is 3.56. The Morgan fingerprint density at radius 3 is 2.63 bits per heavy atom. The Bertz CT molecular complexity index is 610. The second-order valence-corrected chi connectivity index (χ2v) is 4.01. The highest BCUT2D eigenvalue weighted by atomic mass is 16.5. The van der Waals surface area contributed by atoms with E-state index in [1.54, 1.807) is 24.3 Å². The zero-order chi connectivity index (χ0) is 13.8. The number of carboxylic acid groups (broad SMARTS) is 1. The van der Waals surface area contributed by atoms with E-state index in [1.807, 2.05) is 6.07 Å². The number of nitrogen functional groups attached to an aromatic ring is 1. The number of ether oxygens (including phenoxy) is 1. The van der Waals surface area contributed by atoms with E-state index in [9.17, 15) is 9.90 Å². The lowest BCUT2D eigenvalue weighted by Crippen LogP contribution is -2.03. The van der Waals surface area contributed by atoms with Crippen molar-refractivity contribution >= 4 is 11.7 Å². The Morgan fingerprint density at radius 2 is 2.00 bits per heavy atom. The van der Waals surface area contributed by atoms with Crippen molar-refractivity contribution in [1.82, 2.24) is 0 Å². The number of carboxylic acids is 1. The number of carbonyl (C=O) groups is 1. The van der Waals surface area contributed by atoms with Gasteiger partial charge in [0.05, 0.1) is 5.56 Å². The number of phenols is 1. The first-order chi connectivity index (χ1) is 9.06. The first-order valence-corrected chi connectivity index (χ1v) is 5.60. The Morgan fingerprint density at radius 1 is 1.21 bits per heavy atom. The predicted molar refractivity (Wildman–Crippen MR) is 70.3 cm³/mol. The van der Waals surface area contributed by atoms with E-state index in [-0.39, 0.29) is 23.6 Å². The van der Waals surface area contributed by atoms with Gasteiger partial charge in [-0.3, -0.25) is 0 Å². The fourth-order valence-corrected chi connectivity index (χ4v) is 1.64. The molecule has 0 saturated carbocycles. The van der Waals surface area contributed by atoms with Gasteiger partial charge in [-0.2, -0.15) is 0 Å². The van der Waals surface area contributed by atoms with Crippen LogP contribution in [-0.4, -0.2) is 16.2 Å². The summed E-state index contributed by atoms with van der Waals surface area (Å²) in [5, 5.41) is 18.2. The lowest BCUT2D eigenvalue weighted by atomic mass is 10.2. The summed E-state index contributed by atoms with van der Waals surface area (Å²) in [4.78, 5) is 10.8. The first kappa shape index (κ1) is 12.8. The predicted octanol–water partition coefficient (Wildman–Crippen LogP) is 2.25. The number of aromatic hydroxyl groups is 1. The monoisotopic (exact) mass is 259 g/mol. The molecule has 4 N–H and O–H groups in total. The largest absolute Gasteiger partial charge is 0.508 e. The molecule has 0 aromatic heterocycles. The summed E-state index contributed by atoms with van der Waals surface area (Å²) in [5.74, 6) is -0.426. The molecule has 98 valence electrons. The lowest BCUT2D eigenvalue weighted by Gasteiger charge is -2.08. The number of aromatic carboxylic acids is 1. The molecule has 5 nitrogen and oxygen atoms in total. The smallest absolute Gasteiger partial charge is 0.337 e. The van der Waals surface area contributed by atoms with Crippen LogP contribution in [0.2, 0.25) is 0 Å². The maximum absolute atomic E-state index is 10.8. The average molecular weight is 259 g/mol. The molecule has 2 rings (SSSR count). The summed E-state index contributed by atoms with van der Waals surface area (Å²) in [6.45, 7) is 0.264. The van der Waals surface area contributed by atoms with Gasteiger partial charge in [0.25, 0.3) is 0 Å². The van der Waals surface area contributed by atoms with Crippen molar-refractivity contribution in [2.75, 3.05) is 5.73 Å². The molecule has 2 aromatic carbocycles. The van der Waals surface area contributed by atoms with Gasteiger partial charge in [0.1, 0.15) is 18.1 Å². The summed E-state index contributed by atoms with van der Waals surface area (Å²) >= 11 is 0. The van der Waals surface area contributed by atoms with Crippen LogP contribution in [0.1, 0.15) is 15.9 Å². The van der Waals surface area contributed by atoms with E-state index in [2.05, 4.69) is 0 Å². The number of rotatable bonds is 4. The Hall–Kier alpha value is -2.69. The number of phenolic OH excluding ortho intramolecular Hbond substituents is 1. The lowest BCUT2D eigenvalue weighted by molar-refractivity contribution is 0.0698. The van der Waals surface area contributed by atoms with Gasteiger partial charge in [-0.05, 0) is 29.8 Å². The second kappa shape index (κ2) is 5.30. The maximum atomic E-state index is 10.8. The maximum Gasteiger partial charge on any atom is 0.337 e. The highest BCUT2D eigenvalue weighted by molar-refractivity contribution is 5.93. The van der Waals surface area contributed by atoms with Crippen LogP contribution in [0.4, 0.5) is 5.69 Å². The molecule has 5 heteroatoms. The van der Waals surface area contributed by atoms with E-state index >= 15 is 0 Å². The molecule has 0 saturated heterocycles. The van der Waals surface area contributed by atoms with E-state index in [4.69, 9.17) is 15.6 Å². The van der Waals surface area contributed by atoms with Crippen LogP contribution in [0, 0.1) is 0 Å². The molecule has 0 heterocycles. The third-order valence-corrected chi connectivity index (χ3v) is 2.57. The molecule has 0 amide bonds. The van der Waals surface area contributed by atoms with E-state index in [0.29, 0.717) is 5.75 Å². The van der Waals surface area contributed by atoms with Crippen LogP contribution in [-0.2, 0) is 6.61 Å². The minimum Gasteiger partial charge on any atom is -0.508 e. The summed E-state index contributed by atoms with van der Waals surface area (Å²) in [7, 11) is 0. The quantitative estimate of drug-likeness (QED) is 0.732. The van der Waals surface area contributed by atoms with Crippen molar-refractivity contribution < 1.29 is 19.7 Å². The van der Waals surface area contributed by atoms with Crippen LogP contribution >= 0.6 is 0 Å². The van der Waals surface area contributed by atoms with E-state index < -0.39 is 5.97 Å². The Balaban J connectivity index is 2.08. The van der Waals surface area contributed by atoms with Crippen molar-refractivity contribution in [3.63, 3.8) is 0 Å². The molecule has 0 aliphatic carbocycles. The fourth-order valence-electron chi connectivity index (χ4n) is 1.64. The highest BCUT2D eigenvalue weighted by Gasteiger charge is 2.08. The zero-order valence-corrected chi connectivity index (χ0v) is 10.0. The van der Waals surface area contributed by atoms with Crippen LogP contribution < -0.4 is 10.5 Å². The molecule has 0 unspecified atom stereocenters. The van der Waals surface area contributed by atoms with Gasteiger partial charge in [-0.1, -0.05) is 12.1 Å². The number of hydrogen-bond donors (Lipinski definition) is 3. The molecule has 0 atom stereocenters. The minimum atomic E-state index is -1.07. The number of nitrogens with two attached hydrogens (primary N) is 1. The SMILES string of the molecule is Nc1cc(OCc2cccc(O)c2)ccc1C(=O)O. The molecule has 0 fully saturated rings. The third-order valence-electron chi connectivity index (χ3n) is 2.57. The van der Waals surface area contributed by atoms with Crippen molar-refractivity contribution in [3.8, 4) is 11.5 Å². The summed E-state index contributed by atoms with van der Waals surface area (Å²) in [5.41, 5.74) is 6.62. The van der Waals surface area contributed by atoms with Gasteiger partial charge >= 0.3 is 5.97 Å². The normalized spacial score (nSPS) is 10.1. The van der Waals surface area contributed by atoms with Crippen LogP contribution in [0.25, 0.3) is 0 Å². The highest BCUT2D eigenvalue weighted by Crippen LogP contribution is 2.21. The van der Waals surface area contributed by atoms with Crippen molar-refractivity contribution in [2.24, 2.45) is 0 Å². The molecular weight excluding hydrogens is 246 g/mol. The molecule has 0 bridgehead atoms. The molecule has 0 aliphatic rings. The molecule has 0 radical (unpaired) electrons. The van der Waals surface area contributed by atoms with Crippen LogP contribution in [0.3, 0.4) is 0 Å². The number of hydrogen-bond acceptors (Lipinski definition) is 4. The van der Waals surface area contributed by atoms with E-state index in [1.165, 1.54) is 12.1 Å². The van der Waals surface area contributed by atoms with Crippen molar-refractivity contribution in [3.05, 3.63) is 53.6 Å². The van der Waals surface area contributed by atoms with Gasteiger partial charge in [0, 0.05) is 11.8 Å². The number of anilines is 1. The van der Waals surface area contributed by atoms with Gasteiger partial charge in [0.2, 0.25) is 0 Å². The first-order valence-electron chi connectivity index (χ1n) is 5.60.